The monoisotopic (exact) mass is 307 g/mol. The molecule has 0 amide bonds. The fraction of sp³-hybridized carbons (Fsp3) is 0.571. The second kappa shape index (κ2) is 7.51. The minimum Gasteiger partial charge on any atom is -0.497 e. The van der Waals surface area contributed by atoms with E-state index in [1.165, 1.54) is 14.2 Å². The van der Waals surface area contributed by atoms with Crippen LogP contribution in [0.25, 0.3) is 0 Å². The molecule has 0 aliphatic heterocycles. The molecule has 120 valence electrons. The molecular weight excluding hydrogens is 287 g/mol. The molecule has 0 saturated carbocycles. The van der Waals surface area contributed by atoms with Crippen LogP contribution in [0.5, 0.6) is 11.5 Å². The van der Waals surface area contributed by atoms with E-state index < -0.39 is 18.8 Å². The number of alkyl halides is 3. The highest BCUT2D eigenvalue weighted by atomic mass is 19.4. The van der Waals surface area contributed by atoms with Crippen molar-refractivity contribution in [3.63, 3.8) is 0 Å². The molecule has 0 aliphatic carbocycles. The van der Waals surface area contributed by atoms with Gasteiger partial charge < -0.3 is 14.6 Å². The Morgan fingerprint density at radius 2 is 1.90 bits per heavy atom. The number of benzene rings is 1. The third-order valence-electron chi connectivity index (χ3n) is 3.08. The molecule has 0 spiro atoms. The summed E-state index contributed by atoms with van der Waals surface area (Å²) in [5.74, 6) is 0.926. The van der Waals surface area contributed by atoms with E-state index in [1.807, 2.05) is 0 Å². The molecular formula is C14H20F3NO3. The maximum Gasteiger partial charge on any atom is 0.401 e. The van der Waals surface area contributed by atoms with E-state index in [1.54, 1.807) is 25.1 Å². The molecule has 4 nitrogen and oxygen atoms in total. The Kier molecular flexibility index (Phi) is 6.29. The normalized spacial score (nSPS) is 13.3. The van der Waals surface area contributed by atoms with Gasteiger partial charge in [0.05, 0.1) is 26.9 Å². The Balaban J connectivity index is 2.84. The van der Waals surface area contributed by atoms with Gasteiger partial charge in [-0.25, -0.2) is 0 Å². The van der Waals surface area contributed by atoms with E-state index in [0.29, 0.717) is 17.1 Å². The van der Waals surface area contributed by atoms with E-state index in [0.717, 1.165) is 4.90 Å². The fourth-order valence-electron chi connectivity index (χ4n) is 2.00. The van der Waals surface area contributed by atoms with Crippen molar-refractivity contribution in [2.75, 3.05) is 33.9 Å². The molecule has 0 radical (unpaired) electrons. The van der Waals surface area contributed by atoms with Crippen molar-refractivity contribution in [1.29, 1.82) is 0 Å². The molecule has 0 fully saturated rings. The molecule has 1 N–H and O–H groups in total. The number of hydrogen-bond donors (Lipinski definition) is 1. The summed E-state index contributed by atoms with van der Waals surface area (Å²) in [5.41, 5.74) is 0.430. The number of methoxy groups -OCH3 is 2. The predicted octanol–water partition coefficient (Wildman–Crippen LogP) is 2.62. The highest BCUT2D eigenvalue weighted by Crippen LogP contribution is 2.30. The summed E-state index contributed by atoms with van der Waals surface area (Å²) < 4.78 is 47.5. The van der Waals surface area contributed by atoms with Crippen molar-refractivity contribution >= 4 is 0 Å². The topological polar surface area (TPSA) is 41.9 Å². The second-order valence-corrected chi connectivity index (χ2v) is 4.57. The van der Waals surface area contributed by atoms with Crippen molar-refractivity contribution in [1.82, 2.24) is 4.90 Å². The summed E-state index contributed by atoms with van der Waals surface area (Å²) in [6.07, 6.45) is -5.37. The summed E-state index contributed by atoms with van der Waals surface area (Å²) in [4.78, 5) is 1.13. The van der Waals surface area contributed by atoms with Gasteiger partial charge >= 0.3 is 6.18 Å². The van der Waals surface area contributed by atoms with Gasteiger partial charge in [0.2, 0.25) is 0 Å². The lowest BCUT2D eigenvalue weighted by Gasteiger charge is -2.25. The van der Waals surface area contributed by atoms with Crippen molar-refractivity contribution in [3.05, 3.63) is 23.8 Å². The number of hydrogen-bond acceptors (Lipinski definition) is 4. The van der Waals surface area contributed by atoms with Gasteiger partial charge in [-0.2, -0.15) is 13.2 Å². The van der Waals surface area contributed by atoms with Crippen LogP contribution in [-0.2, 0) is 0 Å². The van der Waals surface area contributed by atoms with Crippen LogP contribution in [0.4, 0.5) is 13.2 Å². The van der Waals surface area contributed by atoms with Gasteiger partial charge in [0.25, 0.3) is 0 Å². The van der Waals surface area contributed by atoms with Crippen LogP contribution < -0.4 is 9.47 Å². The first kappa shape index (κ1) is 17.6. The number of halogens is 3. The van der Waals surface area contributed by atoms with Gasteiger partial charge in [-0.15, -0.1) is 0 Å². The third-order valence-corrected chi connectivity index (χ3v) is 3.08. The number of nitrogens with zero attached hydrogens (tertiary/aromatic N) is 1. The van der Waals surface area contributed by atoms with E-state index in [4.69, 9.17) is 9.47 Å². The number of aliphatic hydroxyl groups is 1. The zero-order valence-corrected chi connectivity index (χ0v) is 12.3. The third kappa shape index (κ3) is 5.43. The maximum absolute atomic E-state index is 12.4. The van der Waals surface area contributed by atoms with Crippen molar-refractivity contribution < 1.29 is 27.8 Å². The molecule has 0 aliphatic rings. The van der Waals surface area contributed by atoms with Gasteiger partial charge in [0, 0.05) is 18.2 Å². The summed E-state index contributed by atoms with van der Waals surface area (Å²) in [6.45, 7) is 0.622. The lowest BCUT2D eigenvalue weighted by molar-refractivity contribution is -0.148. The van der Waals surface area contributed by atoms with Crippen molar-refractivity contribution in [3.8, 4) is 11.5 Å². The van der Waals surface area contributed by atoms with Gasteiger partial charge in [0.15, 0.2) is 0 Å². The number of aliphatic hydroxyl groups excluding tert-OH is 1. The van der Waals surface area contributed by atoms with Crippen LogP contribution >= 0.6 is 0 Å². The van der Waals surface area contributed by atoms with E-state index in [2.05, 4.69) is 0 Å². The predicted molar refractivity (Wildman–Crippen MR) is 72.7 cm³/mol. The molecule has 21 heavy (non-hydrogen) atoms. The highest BCUT2D eigenvalue weighted by molar-refractivity contribution is 5.42. The first-order valence-electron chi connectivity index (χ1n) is 6.49. The summed E-state index contributed by atoms with van der Waals surface area (Å²) in [6, 6.07) is 4.80. The fourth-order valence-corrected chi connectivity index (χ4v) is 2.00. The highest BCUT2D eigenvalue weighted by Gasteiger charge is 2.31. The van der Waals surface area contributed by atoms with Gasteiger partial charge in [-0.3, -0.25) is 4.90 Å². The standard InChI is InChI=1S/C14H20F3NO3/c1-4-18(9-14(15,16)17)8-12(19)11-6-5-10(20-2)7-13(11)21-3/h5-7,12,19H,4,8-9H2,1-3H3. The van der Waals surface area contributed by atoms with Crippen LogP contribution in [0.3, 0.4) is 0 Å². The van der Waals surface area contributed by atoms with Crippen LogP contribution in [0, 0.1) is 0 Å². The smallest absolute Gasteiger partial charge is 0.401 e. The summed E-state index contributed by atoms with van der Waals surface area (Å²) in [5, 5.41) is 10.2. The first-order chi connectivity index (χ1) is 9.80. The minimum atomic E-state index is -4.29. The number of ether oxygens (including phenoxy) is 2. The zero-order chi connectivity index (χ0) is 16.0. The SMILES string of the molecule is CCN(CC(O)c1ccc(OC)cc1OC)CC(F)(F)F. The Morgan fingerprint density at radius 1 is 1.24 bits per heavy atom. The molecule has 1 aromatic carbocycles. The van der Waals surface area contributed by atoms with Crippen LogP contribution in [0.1, 0.15) is 18.6 Å². The average molecular weight is 307 g/mol. The maximum atomic E-state index is 12.4. The van der Waals surface area contributed by atoms with E-state index in [-0.39, 0.29) is 13.1 Å². The summed E-state index contributed by atoms with van der Waals surface area (Å²) >= 11 is 0. The average Bonchev–Trinajstić information content (AvgIpc) is 2.44. The van der Waals surface area contributed by atoms with Crippen LogP contribution in [0.2, 0.25) is 0 Å². The van der Waals surface area contributed by atoms with Gasteiger partial charge in [-0.05, 0) is 18.7 Å². The second-order valence-electron chi connectivity index (χ2n) is 4.57. The molecule has 0 bridgehead atoms. The molecule has 7 heteroatoms. The van der Waals surface area contributed by atoms with Crippen molar-refractivity contribution in [2.45, 2.75) is 19.2 Å². The lowest BCUT2D eigenvalue weighted by atomic mass is 10.1. The molecule has 1 aromatic rings. The minimum absolute atomic E-state index is 0.126. The number of rotatable bonds is 7. The molecule has 0 saturated heterocycles. The largest absolute Gasteiger partial charge is 0.497 e. The molecule has 1 atom stereocenters. The van der Waals surface area contributed by atoms with Crippen LogP contribution in [0.15, 0.2) is 18.2 Å². The van der Waals surface area contributed by atoms with Gasteiger partial charge in [0.1, 0.15) is 11.5 Å². The van der Waals surface area contributed by atoms with E-state index >= 15 is 0 Å². The molecule has 0 aromatic heterocycles. The Morgan fingerprint density at radius 3 is 2.38 bits per heavy atom. The molecule has 0 heterocycles. The Hall–Kier alpha value is -1.47. The quantitative estimate of drug-likeness (QED) is 0.841. The van der Waals surface area contributed by atoms with Crippen LogP contribution in [-0.4, -0.2) is 50.0 Å². The summed E-state index contributed by atoms with van der Waals surface area (Å²) in [7, 11) is 2.92. The zero-order valence-electron chi connectivity index (χ0n) is 12.3. The Bertz CT molecular complexity index is 452. The molecule has 1 unspecified atom stereocenters. The molecule has 1 rings (SSSR count). The van der Waals surface area contributed by atoms with Crippen molar-refractivity contribution in [2.24, 2.45) is 0 Å². The lowest BCUT2D eigenvalue weighted by Crippen LogP contribution is -2.37. The Labute approximate surface area is 122 Å². The van der Waals surface area contributed by atoms with E-state index in [9.17, 15) is 18.3 Å². The first-order valence-corrected chi connectivity index (χ1v) is 6.49. The number of likely N-dealkylation sites (N-methyl/N-ethyl adjacent to an activating group) is 1. The van der Waals surface area contributed by atoms with Gasteiger partial charge in [-0.1, -0.05) is 6.92 Å².